The Balaban J connectivity index is 1.49. The van der Waals surface area contributed by atoms with Crippen molar-refractivity contribution < 1.29 is 14.3 Å². The zero-order valence-corrected chi connectivity index (χ0v) is 17.5. The lowest BCUT2D eigenvalue weighted by molar-refractivity contribution is 0.0737. The minimum Gasteiger partial charge on any atom is -0.497 e. The predicted molar refractivity (Wildman–Crippen MR) is 116 cm³/mol. The minimum absolute atomic E-state index is 0.00305. The fraction of sp³-hybridized carbons (Fsp3) is 0.304. The summed E-state index contributed by atoms with van der Waals surface area (Å²) in [5.41, 5.74) is 3.33. The average Bonchev–Trinajstić information content (AvgIpc) is 3.20. The molecule has 4 rings (SSSR count). The molecule has 0 N–H and O–H groups in total. The molecule has 1 amide bonds. The Labute approximate surface area is 176 Å². The first-order chi connectivity index (χ1) is 14.6. The third kappa shape index (κ3) is 3.96. The highest BCUT2D eigenvalue weighted by Gasteiger charge is 2.25. The van der Waals surface area contributed by atoms with Crippen molar-refractivity contribution in [1.82, 2.24) is 14.7 Å². The molecule has 3 aromatic rings. The molecular formula is C23H26N4O3. The number of amides is 1. The molecule has 1 aromatic heterocycles. The van der Waals surface area contributed by atoms with Crippen molar-refractivity contribution in [2.24, 2.45) is 0 Å². The van der Waals surface area contributed by atoms with Crippen LogP contribution in [0.15, 0.2) is 54.6 Å². The number of rotatable bonds is 5. The van der Waals surface area contributed by atoms with Gasteiger partial charge in [-0.3, -0.25) is 4.79 Å². The number of carbonyl (C=O) groups excluding carboxylic acids is 1. The lowest BCUT2D eigenvalue weighted by atomic mass is 10.2. The highest BCUT2D eigenvalue weighted by atomic mass is 16.5. The highest BCUT2D eigenvalue weighted by Crippen LogP contribution is 2.23. The summed E-state index contributed by atoms with van der Waals surface area (Å²) in [6.07, 6.45) is 0. The van der Waals surface area contributed by atoms with Crippen molar-refractivity contribution in [3.63, 3.8) is 0 Å². The molecule has 1 aliphatic rings. The zero-order chi connectivity index (χ0) is 21.1. The summed E-state index contributed by atoms with van der Waals surface area (Å²) >= 11 is 0. The number of ether oxygens (including phenoxy) is 2. The van der Waals surface area contributed by atoms with E-state index in [1.165, 1.54) is 0 Å². The number of hydrogen-bond donors (Lipinski definition) is 0. The molecule has 0 spiro atoms. The van der Waals surface area contributed by atoms with Gasteiger partial charge in [-0.1, -0.05) is 6.07 Å². The first-order valence-corrected chi connectivity index (χ1v) is 9.98. The van der Waals surface area contributed by atoms with Crippen LogP contribution in [-0.2, 0) is 0 Å². The Morgan fingerprint density at radius 1 is 0.867 bits per heavy atom. The van der Waals surface area contributed by atoms with Gasteiger partial charge in [-0.05, 0) is 49.4 Å². The molecule has 0 saturated carbocycles. The molecule has 2 aromatic carbocycles. The first kappa shape index (κ1) is 19.8. The molecule has 7 nitrogen and oxygen atoms in total. The second-order valence-corrected chi connectivity index (χ2v) is 7.26. The summed E-state index contributed by atoms with van der Waals surface area (Å²) in [7, 11) is 3.30. The molecular weight excluding hydrogens is 380 g/mol. The van der Waals surface area contributed by atoms with Crippen molar-refractivity contribution in [2.75, 3.05) is 45.3 Å². The molecule has 7 heteroatoms. The number of carbonyl (C=O) groups is 1. The summed E-state index contributed by atoms with van der Waals surface area (Å²) < 4.78 is 12.3. The quantitative estimate of drug-likeness (QED) is 0.651. The molecule has 0 unspecified atom stereocenters. The molecule has 1 fully saturated rings. The standard InChI is InChI=1S/C23H26N4O3/c1-17-15-22(27(24-17)18-7-9-20(29-2)10-8-18)23(28)26-13-11-25(12-14-26)19-5-4-6-21(16-19)30-3/h4-10,15-16H,11-14H2,1-3H3. The van der Waals surface area contributed by atoms with Gasteiger partial charge in [0, 0.05) is 37.9 Å². The van der Waals surface area contributed by atoms with E-state index in [-0.39, 0.29) is 5.91 Å². The molecule has 0 aliphatic carbocycles. The fourth-order valence-corrected chi connectivity index (χ4v) is 3.71. The minimum atomic E-state index is -0.00305. The summed E-state index contributed by atoms with van der Waals surface area (Å²) in [5.74, 6) is 1.60. The van der Waals surface area contributed by atoms with Crippen molar-refractivity contribution in [1.29, 1.82) is 0 Å². The molecule has 2 heterocycles. The predicted octanol–water partition coefficient (Wildman–Crippen LogP) is 3.16. The van der Waals surface area contributed by atoms with Gasteiger partial charge in [0.15, 0.2) is 0 Å². The molecule has 0 atom stereocenters. The normalized spacial score (nSPS) is 14.0. The van der Waals surface area contributed by atoms with Crippen LogP contribution in [0, 0.1) is 6.92 Å². The maximum absolute atomic E-state index is 13.3. The summed E-state index contributed by atoms with van der Waals surface area (Å²) in [6.45, 7) is 4.76. The Kier molecular flexibility index (Phi) is 5.61. The van der Waals surface area contributed by atoms with Crippen molar-refractivity contribution in [3.8, 4) is 17.2 Å². The van der Waals surface area contributed by atoms with Gasteiger partial charge in [0.2, 0.25) is 0 Å². The van der Waals surface area contributed by atoms with Crippen LogP contribution in [0.1, 0.15) is 16.2 Å². The van der Waals surface area contributed by atoms with E-state index in [0.717, 1.165) is 41.7 Å². The third-order valence-electron chi connectivity index (χ3n) is 5.35. The van der Waals surface area contributed by atoms with Crippen molar-refractivity contribution in [3.05, 3.63) is 66.0 Å². The van der Waals surface area contributed by atoms with Gasteiger partial charge >= 0.3 is 0 Å². The van der Waals surface area contributed by atoms with E-state index in [9.17, 15) is 4.79 Å². The maximum atomic E-state index is 13.3. The van der Waals surface area contributed by atoms with Crippen LogP contribution in [0.5, 0.6) is 11.5 Å². The van der Waals surface area contributed by atoms with Gasteiger partial charge in [-0.2, -0.15) is 5.10 Å². The zero-order valence-electron chi connectivity index (χ0n) is 17.5. The number of aromatic nitrogens is 2. The first-order valence-electron chi connectivity index (χ1n) is 9.98. The number of benzene rings is 2. The number of methoxy groups -OCH3 is 2. The van der Waals surface area contributed by atoms with Crippen LogP contribution in [0.25, 0.3) is 5.69 Å². The molecule has 156 valence electrons. The summed E-state index contributed by atoms with van der Waals surface area (Å²) in [4.78, 5) is 17.4. The van der Waals surface area contributed by atoms with Gasteiger partial charge in [-0.25, -0.2) is 4.68 Å². The van der Waals surface area contributed by atoms with E-state index in [0.29, 0.717) is 18.8 Å². The topological polar surface area (TPSA) is 59.8 Å². The smallest absolute Gasteiger partial charge is 0.272 e. The number of nitrogens with zero attached hydrogens (tertiary/aromatic N) is 4. The maximum Gasteiger partial charge on any atom is 0.272 e. The summed E-state index contributed by atoms with van der Waals surface area (Å²) in [6, 6.07) is 17.4. The monoisotopic (exact) mass is 406 g/mol. The largest absolute Gasteiger partial charge is 0.497 e. The van der Waals surface area contributed by atoms with Crippen molar-refractivity contribution in [2.45, 2.75) is 6.92 Å². The number of aryl methyl sites for hydroxylation is 1. The molecule has 30 heavy (non-hydrogen) atoms. The Hall–Kier alpha value is -3.48. The average molecular weight is 406 g/mol. The van der Waals surface area contributed by atoms with E-state index in [1.54, 1.807) is 18.9 Å². The van der Waals surface area contributed by atoms with Gasteiger partial charge in [-0.15, -0.1) is 0 Å². The van der Waals surface area contributed by atoms with Crippen molar-refractivity contribution >= 4 is 11.6 Å². The second-order valence-electron chi connectivity index (χ2n) is 7.26. The van der Waals surface area contributed by atoms with Gasteiger partial charge in [0.1, 0.15) is 17.2 Å². The lowest BCUT2D eigenvalue weighted by Crippen LogP contribution is -2.49. The fourth-order valence-electron chi connectivity index (χ4n) is 3.71. The highest BCUT2D eigenvalue weighted by molar-refractivity contribution is 5.93. The number of hydrogen-bond acceptors (Lipinski definition) is 5. The number of piperazine rings is 1. The van der Waals surface area contributed by atoms with Crippen LogP contribution in [0.3, 0.4) is 0 Å². The third-order valence-corrected chi connectivity index (χ3v) is 5.35. The van der Waals surface area contributed by atoms with Crippen LogP contribution in [0.2, 0.25) is 0 Å². The number of anilines is 1. The van der Waals surface area contributed by atoms with Crippen LogP contribution in [0.4, 0.5) is 5.69 Å². The molecule has 1 aliphatic heterocycles. The SMILES string of the molecule is COc1ccc(-n2nc(C)cc2C(=O)N2CCN(c3cccc(OC)c3)CC2)cc1. The van der Waals surface area contributed by atoms with Gasteiger partial charge < -0.3 is 19.3 Å². The van der Waals surface area contributed by atoms with E-state index in [2.05, 4.69) is 16.1 Å². The van der Waals surface area contributed by atoms with E-state index in [4.69, 9.17) is 9.47 Å². The Morgan fingerprint density at radius 3 is 2.23 bits per heavy atom. The van der Waals surface area contributed by atoms with Gasteiger partial charge in [0.05, 0.1) is 25.6 Å². The lowest BCUT2D eigenvalue weighted by Gasteiger charge is -2.36. The van der Waals surface area contributed by atoms with E-state index < -0.39 is 0 Å². The summed E-state index contributed by atoms with van der Waals surface area (Å²) in [5, 5.41) is 4.54. The molecule has 0 bridgehead atoms. The van der Waals surface area contributed by atoms with Crippen LogP contribution >= 0.6 is 0 Å². The molecule has 1 saturated heterocycles. The molecule has 0 radical (unpaired) electrons. The van der Waals surface area contributed by atoms with E-state index in [1.807, 2.05) is 60.4 Å². The Bertz CT molecular complexity index is 1020. The second kappa shape index (κ2) is 8.49. The van der Waals surface area contributed by atoms with Crippen LogP contribution in [-0.4, -0.2) is 61.0 Å². The Morgan fingerprint density at radius 2 is 1.57 bits per heavy atom. The van der Waals surface area contributed by atoms with E-state index >= 15 is 0 Å². The van der Waals surface area contributed by atoms with Gasteiger partial charge in [0.25, 0.3) is 5.91 Å². The van der Waals surface area contributed by atoms with Crippen LogP contribution < -0.4 is 14.4 Å².